The van der Waals surface area contributed by atoms with E-state index in [0.29, 0.717) is 32.9 Å². The van der Waals surface area contributed by atoms with Gasteiger partial charge in [0.05, 0.1) is 33.0 Å². The average Bonchev–Trinajstić information content (AvgIpc) is 2.33. The highest BCUT2D eigenvalue weighted by atomic mass is 16.5. The SMILES string of the molecule is CCOC(=O)CC(=O)CN(CC)CCOCCO. The molecule has 0 saturated heterocycles. The fourth-order valence-corrected chi connectivity index (χ4v) is 1.39. The third-order valence-corrected chi connectivity index (χ3v) is 2.28. The van der Waals surface area contributed by atoms with Gasteiger partial charge >= 0.3 is 5.97 Å². The van der Waals surface area contributed by atoms with Gasteiger partial charge in [-0.15, -0.1) is 0 Å². The highest BCUT2D eigenvalue weighted by molar-refractivity contribution is 5.96. The molecular formula is C12H23NO5. The first-order chi connectivity index (χ1) is 8.63. The molecule has 0 bridgehead atoms. The normalized spacial score (nSPS) is 10.7. The fourth-order valence-electron chi connectivity index (χ4n) is 1.39. The van der Waals surface area contributed by atoms with Crippen LogP contribution in [0.15, 0.2) is 0 Å². The van der Waals surface area contributed by atoms with E-state index in [2.05, 4.69) is 0 Å². The first-order valence-corrected chi connectivity index (χ1v) is 6.22. The number of ketones is 1. The number of carbonyl (C=O) groups is 2. The summed E-state index contributed by atoms with van der Waals surface area (Å²) in [5.41, 5.74) is 0. The van der Waals surface area contributed by atoms with Gasteiger partial charge in [0.25, 0.3) is 0 Å². The third-order valence-electron chi connectivity index (χ3n) is 2.28. The highest BCUT2D eigenvalue weighted by Gasteiger charge is 2.13. The molecule has 18 heavy (non-hydrogen) atoms. The van der Waals surface area contributed by atoms with Crippen molar-refractivity contribution in [2.75, 3.05) is 46.1 Å². The van der Waals surface area contributed by atoms with Crippen LogP contribution in [0.2, 0.25) is 0 Å². The Morgan fingerprint density at radius 2 is 1.94 bits per heavy atom. The van der Waals surface area contributed by atoms with Gasteiger partial charge in [-0.3, -0.25) is 14.5 Å². The van der Waals surface area contributed by atoms with Gasteiger partial charge in [0, 0.05) is 6.54 Å². The molecule has 0 aliphatic rings. The first kappa shape index (κ1) is 17.0. The summed E-state index contributed by atoms with van der Waals surface area (Å²) < 4.78 is 9.83. The topological polar surface area (TPSA) is 76.1 Å². The number of Topliss-reactive ketones (excluding diaryl/α,β-unsaturated/α-hetero) is 1. The molecule has 0 aromatic heterocycles. The molecule has 0 aliphatic carbocycles. The summed E-state index contributed by atoms with van der Waals surface area (Å²) in [5, 5.41) is 8.54. The van der Waals surface area contributed by atoms with E-state index in [1.165, 1.54) is 0 Å². The Morgan fingerprint density at radius 1 is 1.22 bits per heavy atom. The average molecular weight is 261 g/mol. The molecular weight excluding hydrogens is 238 g/mol. The number of aliphatic hydroxyl groups is 1. The van der Waals surface area contributed by atoms with Crippen molar-refractivity contribution in [3.05, 3.63) is 0 Å². The maximum atomic E-state index is 11.6. The van der Waals surface area contributed by atoms with Crippen molar-refractivity contribution in [3.63, 3.8) is 0 Å². The number of likely N-dealkylation sites (N-methyl/N-ethyl adjacent to an activating group) is 1. The second-order valence-corrected chi connectivity index (χ2v) is 3.73. The van der Waals surface area contributed by atoms with Crippen LogP contribution in [0.4, 0.5) is 0 Å². The molecule has 6 nitrogen and oxygen atoms in total. The number of ether oxygens (including phenoxy) is 2. The Labute approximate surface area is 108 Å². The van der Waals surface area contributed by atoms with Crippen molar-refractivity contribution >= 4 is 11.8 Å². The van der Waals surface area contributed by atoms with Gasteiger partial charge in [-0.25, -0.2) is 0 Å². The quantitative estimate of drug-likeness (QED) is 0.316. The molecule has 0 fully saturated rings. The molecule has 0 spiro atoms. The van der Waals surface area contributed by atoms with Crippen molar-refractivity contribution in [2.45, 2.75) is 20.3 Å². The van der Waals surface area contributed by atoms with Gasteiger partial charge in [0.2, 0.25) is 0 Å². The van der Waals surface area contributed by atoms with Crippen LogP contribution < -0.4 is 0 Å². The zero-order chi connectivity index (χ0) is 13.8. The van der Waals surface area contributed by atoms with Crippen LogP contribution in [0.25, 0.3) is 0 Å². The van der Waals surface area contributed by atoms with Crippen molar-refractivity contribution < 1.29 is 24.2 Å². The number of aliphatic hydroxyl groups excluding tert-OH is 1. The van der Waals surface area contributed by atoms with E-state index in [0.717, 1.165) is 0 Å². The second-order valence-electron chi connectivity index (χ2n) is 3.73. The zero-order valence-corrected chi connectivity index (χ0v) is 11.2. The lowest BCUT2D eigenvalue weighted by Gasteiger charge is -2.19. The largest absolute Gasteiger partial charge is 0.466 e. The Kier molecular flexibility index (Phi) is 10.5. The van der Waals surface area contributed by atoms with E-state index < -0.39 is 5.97 Å². The Balaban J connectivity index is 3.82. The van der Waals surface area contributed by atoms with Gasteiger partial charge in [-0.2, -0.15) is 0 Å². The van der Waals surface area contributed by atoms with E-state index in [-0.39, 0.29) is 25.4 Å². The molecule has 0 aromatic rings. The van der Waals surface area contributed by atoms with Gasteiger partial charge < -0.3 is 14.6 Å². The molecule has 0 amide bonds. The fraction of sp³-hybridized carbons (Fsp3) is 0.833. The van der Waals surface area contributed by atoms with Crippen LogP contribution in [0.5, 0.6) is 0 Å². The highest BCUT2D eigenvalue weighted by Crippen LogP contribution is 1.94. The van der Waals surface area contributed by atoms with Crippen LogP contribution in [-0.4, -0.2) is 67.8 Å². The van der Waals surface area contributed by atoms with Crippen molar-refractivity contribution in [1.29, 1.82) is 0 Å². The van der Waals surface area contributed by atoms with Gasteiger partial charge in [-0.05, 0) is 13.5 Å². The minimum atomic E-state index is -0.477. The monoisotopic (exact) mass is 261 g/mol. The number of nitrogens with zero attached hydrogens (tertiary/aromatic N) is 1. The number of hydrogen-bond donors (Lipinski definition) is 1. The number of esters is 1. The number of carbonyl (C=O) groups excluding carboxylic acids is 2. The smallest absolute Gasteiger partial charge is 0.313 e. The standard InChI is InChI=1S/C12H23NO5/c1-3-13(5-7-17-8-6-14)10-11(15)9-12(16)18-4-2/h14H,3-10H2,1-2H3. The molecule has 1 N–H and O–H groups in total. The van der Waals surface area contributed by atoms with Gasteiger partial charge in [-0.1, -0.05) is 6.92 Å². The molecule has 0 unspecified atom stereocenters. The summed E-state index contributed by atoms with van der Waals surface area (Å²) in [5.74, 6) is -0.632. The third kappa shape index (κ3) is 9.09. The van der Waals surface area contributed by atoms with Crippen molar-refractivity contribution in [2.24, 2.45) is 0 Å². The second kappa shape index (κ2) is 11.1. The lowest BCUT2D eigenvalue weighted by atomic mass is 10.2. The van der Waals surface area contributed by atoms with Gasteiger partial charge in [0.1, 0.15) is 6.42 Å². The van der Waals surface area contributed by atoms with Crippen LogP contribution in [0.3, 0.4) is 0 Å². The van der Waals surface area contributed by atoms with Gasteiger partial charge in [0.15, 0.2) is 5.78 Å². The molecule has 0 radical (unpaired) electrons. The molecule has 0 saturated carbocycles. The molecule has 6 heteroatoms. The number of rotatable bonds is 11. The molecule has 0 heterocycles. The molecule has 0 aromatic carbocycles. The predicted octanol–water partition coefficient (Wildman–Crippen LogP) is -0.160. The van der Waals surface area contributed by atoms with Crippen molar-refractivity contribution in [3.8, 4) is 0 Å². The van der Waals surface area contributed by atoms with E-state index in [1.54, 1.807) is 6.92 Å². The summed E-state index contributed by atoms with van der Waals surface area (Å²) in [7, 11) is 0. The van der Waals surface area contributed by atoms with Crippen LogP contribution in [0, 0.1) is 0 Å². The van der Waals surface area contributed by atoms with E-state index >= 15 is 0 Å². The van der Waals surface area contributed by atoms with E-state index in [9.17, 15) is 9.59 Å². The maximum absolute atomic E-state index is 11.6. The van der Waals surface area contributed by atoms with Crippen LogP contribution in [-0.2, 0) is 19.1 Å². The Hall–Kier alpha value is -0.980. The van der Waals surface area contributed by atoms with E-state index in [1.807, 2.05) is 11.8 Å². The first-order valence-electron chi connectivity index (χ1n) is 6.22. The molecule has 106 valence electrons. The molecule has 0 atom stereocenters. The summed E-state index contributed by atoms with van der Waals surface area (Å²) in [6.45, 7) is 6.21. The maximum Gasteiger partial charge on any atom is 0.313 e. The summed E-state index contributed by atoms with van der Waals surface area (Å²) in [4.78, 5) is 24.6. The summed E-state index contributed by atoms with van der Waals surface area (Å²) in [6, 6.07) is 0. The molecule has 0 rings (SSSR count). The van der Waals surface area contributed by atoms with Crippen LogP contribution in [0.1, 0.15) is 20.3 Å². The zero-order valence-electron chi connectivity index (χ0n) is 11.2. The van der Waals surface area contributed by atoms with Crippen molar-refractivity contribution in [1.82, 2.24) is 4.90 Å². The predicted molar refractivity (Wildman–Crippen MR) is 66.3 cm³/mol. The lowest BCUT2D eigenvalue weighted by Crippen LogP contribution is -2.33. The minimum Gasteiger partial charge on any atom is -0.466 e. The number of hydrogen-bond acceptors (Lipinski definition) is 6. The summed E-state index contributed by atoms with van der Waals surface area (Å²) >= 11 is 0. The van der Waals surface area contributed by atoms with Crippen LogP contribution >= 0.6 is 0 Å². The Bertz CT molecular complexity index is 245. The minimum absolute atomic E-state index is 0.00604. The molecule has 0 aliphatic heterocycles. The summed E-state index contributed by atoms with van der Waals surface area (Å²) in [6.07, 6.45) is -0.179. The Morgan fingerprint density at radius 3 is 2.50 bits per heavy atom. The lowest BCUT2D eigenvalue weighted by molar-refractivity contribution is -0.145. The van der Waals surface area contributed by atoms with E-state index in [4.69, 9.17) is 14.6 Å².